The molecule has 1 unspecified atom stereocenters. The second-order valence-corrected chi connectivity index (χ2v) is 7.51. The number of amidine groups is 1. The number of aliphatic imine (C=N–C) groups is 1. The van der Waals surface area contributed by atoms with Gasteiger partial charge in [-0.3, -0.25) is 4.99 Å². The van der Waals surface area contributed by atoms with Crippen LogP contribution in [0.4, 0.5) is 4.39 Å². The van der Waals surface area contributed by atoms with Crippen LogP contribution < -0.4 is 5.73 Å². The maximum Gasteiger partial charge on any atom is 0.144 e. The van der Waals surface area contributed by atoms with Crippen molar-refractivity contribution >= 4 is 5.84 Å². The largest absolute Gasteiger partial charge is 0.384 e. The third kappa shape index (κ3) is 3.44. The molecule has 0 saturated heterocycles. The van der Waals surface area contributed by atoms with Crippen LogP contribution in [0.1, 0.15) is 53.9 Å². The summed E-state index contributed by atoms with van der Waals surface area (Å²) >= 11 is 0. The second-order valence-electron chi connectivity index (χ2n) is 7.51. The number of halogens is 1. The molecule has 1 aromatic heterocycles. The summed E-state index contributed by atoms with van der Waals surface area (Å²) in [5.74, 6) is 1.25. The van der Waals surface area contributed by atoms with Gasteiger partial charge in [0.1, 0.15) is 29.3 Å². The predicted molar refractivity (Wildman–Crippen MR) is 112 cm³/mol. The van der Waals surface area contributed by atoms with Crippen LogP contribution in [0.5, 0.6) is 0 Å². The van der Waals surface area contributed by atoms with Crippen LogP contribution in [0.2, 0.25) is 0 Å². The van der Waals surface area contributed by atoms with E-state index in [1.165, 1.54) is 12.5 Å². The van der Waals surface area contributed by atoms with Crippen molar-refractivity contribution in [1.82, 2.24) is 9.55 Å². The molecule has 0 radical (unpaired) electrons. The summed E-state index contributed by atoms with van der Waals surface area (Å²) in [5.41, 5.74) is 8.97. The fourth-order valence-corrected chi connectivity index (χ4v) is 3.86. The smallest absolute Gasteiger partial charge is 0.144 e. The van der Waals surface area contributed by atoms with E-state index >= 15 is 0 Å². The maximum absolute atomic E-state index is 15.0. The van der Waals surface area contributed by atoms with Crippen LogP contribution >= 0.6 is 0 Å². The van der Waals surface area contributed by atoms with Gasteiger partial charge >= 0.3 is 0 Å². The lowest BCUT2D eigenvalue weighted by atomic mass is 9.85. The van der Waals surface area contributed by atoms with E-state index in [4.69, 9.17) is 10.7 Å². The van der Waals surface area contributed by atoms with Gasteiger partial charge in [-0.1, -0.05) is 48.9 Å². The van der Waals surface area contributed by atoms with E-state index in [2.05, 4.69) is 4.99 Å². The zero-order valence-electron chi connectivity index (χ0n) is 16.6. The number of nitrogens with two attached hydrogens (primary N) is 1. The summed E-state index contributed by atoms with van der Waals surface area (Å²) in [6.07, 6.45) is 2.37. The summed E-state index contributed by atoms with van der Waals surface area (Å²) < 4.78 is 17.0. The Morgan fingerprint density at radius 2 is 1.97 bits per heavy atom. The molecule has 0 amide bonds. The van der Waals surface area contributed by atoms with Crippen molar-refractivity contribution in [1.29, 1.82) is 0 Å². The molecule has 2 aromatic carbocycles. The number of aromatic nitrogens is 2. The van der Waals surface area contributed by atoms with Crippen LogP contribution in [0, 0.1) is 5.82 Å². The molecule has 1 fully saturated rings. The Bertz CT molecular complexity index is 1050. The Morgan fingerprint density at radius 3 is 2.55 bits per heavy atom. The molecule has 29 heavy (non-hydrogen) atoms. The van der Waals surface area contributed by atoms with Crippen LogP contribution in [0.15, 0.2) is 53.5 Å². The number of rotatable bonds is 5. The number of nitrogens with zero attached hydrogens (tertiary/aromatic N) is 3. The monoisotopic (exact) mass is 392 g/mol. The molecule has 6 heteroatoms. The normalized spacial score (nSPS) is 15.9. The van der Waals surface area contributed by atoms with Gasteiger partial charge in [0.05, 0.1) is 5.69 Å². The molecule has 3 N–H and O–H groups in total. The van der Waals surface area contributed by atoms with Crippen molar-refractivity contribution in [3.05, 3.63) is 77.0 Å². The molecule has 0 spiro atoms. The van der Waals surface area contributed by atoms with E-state index in [1.54, 1.807) is 31.3 Å². The van der Waals surface area contributed by atoms with Gasteiger partial charge in [-0.15, -0.1) is 0 Å². The number of aliphatic hydroxyl groups is 1. The van der Waals surface area contributed by atoms with Crippen molar-refractivity contribution in [3.63, 3.8) is 0 Å². The van der Waals surface area contributed by atoms with Gasteiger partial charge in [-0.05, 0) is 24.5 Å². The Kier molecular flexibility index (Phi) is 5.20. The fraction of sp³-hybridized carbons (Fsp3) is 0.304. The average molecular weight is 392 g/mol. The third-order valence-electron chi connectivity index (χ3n) is 5.77. The van der Waals surface area contributed by atoms with Crippen LogP contribution in [0.3, 0.4) is 0 Å². The highest BCUT2D eigenvalue weighted by molar-refractivity contribution is 6.01. The molecular weight excluding hydrogens is 367 g/mol. The van der Waals surface area contributed by atoms with E-state index in [0.29, 0.717) is 34.3 Å². The van der Waals surface area contributed by atoms with Gasteiger partial charge in [0.15, 0.2) is 0 Å². The highest BCUT2D eigenvalue weighted by Gasteiger charge is 2.28. The molecule has 1 aliphatic carbocycles. The number of aliphatic hydroxyl groups excluding tert-OH is 1. The first-order valence-electron chi connectivity index (χ1n) is 9.83. The Hall–Kier alpha value is -2.99. The summed E-state index contributed by atoms with van der Waals surface area (Å²) in [6, 6.07) is 13.9. The highest BCUT2D eigenvalue weighted by atomic mass is 19.1. The van der Waals surface area contributed by atoms with Gasteiger partial charge in [0.25, 0.3) is 0 Å². The van der Waals surface area contributed by atoms with Crippen molar-refractivity contribution in [2.24, 2.45) is 17.8 Å². The minimum atomic E-state index is -1.03. The van der Waals surface area contributed by atoms with Gasteiger partial charge in [0, 0.05) is 31.1 Å². The van der Waals surface area contributed by atoms with E-state index in [9.17, 15) is 9.50 Å². The SMILES string of the molecule is CN=C(N)c1c(-c2ccc(C(O)c3ccccc3)c(F)c2)nc(C2CCC2)n1C. The zero-order chi connectivity index (χ0) is 20.5. The molecule has 1 aliphatic rings. The molecular formula is C23H25FN4O. The molecule has 0 bridgehead atoms. The second kappa shape index (κ2) is 7.79. The maximum atomic E-state index is 15.0. The number of hydrogen-bond donors (Lipinski definition) is 2. The standard InChI is InChI=1S/C23H25FN4O/c1-26-22(25)20-19(27-23(28(20)2)15-9-6-10-15)16-11-12-17(18(24)13-16)21(29)14-7-4-3-5-8-14/h3-5,7-8,11-13,15,21,29H,6,9-10H2,1-2H3,(H2,25,26). The van der Waals surface area contributed by atoms with Gasteiger partial charge in [-0.25, -0.2) is 9.37 Å². The Morgan fingerprint density at radius 1 is 1.24 bits per heavy atom. The summed E-state index contributed by atoms with van der Waals surface area (Å²) in [6.45, 7) is 0. The van der Waals surface area contributed by atoms with Crippen molar-refractivity contribution in [2.45, 2.75) is 31.3 Å². The van der Waals surface area contributed by atoms with E-state index in [0.717, 1.165) is 18.7 Å². The predicted octanol–water partition coefficient (Wildman–Crippen LogP) is 3.91. The van der Waals surface area contributed by atoms with E-state index in [-0.39, 0.29) is 5.56 Å². The van der Waals surface area contributed by atoms with Crippen molar-refractivity contribution in [2.75, 3.05) is 7.05 Å². The summed E-state index contributed by atoms with van der Waals surface area (Å²) in [7, 11) is 3.57. The molecule has 1 heterocycles. The fourth-order valence-electron chi connectivity index (χ4n) is 3.86. The minimum absolute atomic E-state index is 0.230. The van der Waals surface area contributed by atoms with Gasteiger partial charge < -0.3 is 15.4 Å². The van der Waals surface area contributed by atoms with Crippen molar-refractivity contribution < 1.29 is 9.50 Å². The lowest BCUT2D eigenvalue weighted by Crippen LogP contribution is -2.20. The average Bonchev–Trinajstić information content (AvgIpc) is 3.03. The van der Waals surface area contributed by atoms with Crippen molar-refractivity contribution in [3.8, 4) is 11.3 Å². The first kappa shape index (κ1) is 19.3. The molecule has 5 nitrogen and oxygen atoms in total. The van der Waals surface area contributed by atoms with E-state index in [1.807, 2.05) is 29.8 Å². The van der Waals surface area contributed by atoms with Crippen LogP contribution in [-0.4, -0.2) is 27.5 Å². The zero-order valence-corrected chi connectivity index (χ0v) is 16.6. The third-order valence-corrected chi connectivity index (χ3v) is 5.77. The first-order valence-corrected chi connectivity index (χ1v) is 9.83. The molecule has 1 atom stereocenters. The number of benzene rings is 2. The molecule has 4 rings (SSSR count). The lowest BCUT2D eigenvalue weighted by molar-refractivity contribution is 0.215. The topological polar surface area (TPSA) is 76.4 Å². The number of hydrogen-bond acceptors (Lipinski definition) is 3. The van der Waals surface area contributed by atoms with Gasteiger partial charge in [0.2, 0.25) is 0 Å². The van der Waals surface area contributed by atoms with Crippen LogP contribution in [-0.2, 0) is 7.05 Å². The Balaban J connectivity index is 1.76. The highest BCUT2D eigenvalue weighted by Crippen LogP contribution is 2.38. The quantitative estimate of drug-likeness (QED) is 0.511. The van der Waals surface area contributed by atoms with Crippen LogP contribution in [0.25, 0.3) is 11.3 Å². The van der Waals surface area contributed by atoms with Gasteiger partial charge in [-0.2, -0.15) is 0 Å². The molecule has 3 aromatic rings. The summed E-state index contributed by atoms with van der Waals surface area (Å²) in [4.78, 5) is 8.95. The molecule has 150 valence electrons. The first-order chi connectivity index (χ1) is 14.0. The molecule has 1 saturated carbocycles. The Labute approximate surface area is 169 Å². The van der Waals surface area contributed by atoms with E-state index < -0.39 is 11.9 Å². The number of imidazole rings is 1. The minimum Gasteiger partial charge on any atom is -0.384 e. The molecule has 0 aliphatic heterocycles. The summed E-state index contributed by atoms with van der Waals surface area (Å²) in [5, 5.41) is 10.6. The lowest BCUT2D eigenvalue weighted by Gasteiger charge is -2.24.